The molecule has 0 amide bonds. The van der Waals surface area contributed by atoms with Crippen LogP contribution in [0.15, 0.2) is 18.2 Å². The van der Waals surface area contributed by atoms with E-state index in [-0.39, 0.29) is 11.2 Å². The van der Waals surface area contributed by atoms with Gasteiger partial charge in [0.1, 0.15) is 5.82 Å². The van der Waals surface area contributed by atoms with Gasteiger partial charge in [0, 0.05) is 16.0 Å². The molecule has 2 rings (SSSR count). The summed E-state index contributed by atoms with van der Waals surface area (Å²) in [5, 5.41) is 0.681. The quantitative estimate of drug-likeness (QED) is 0.648. The van der Waals surface area contributed by atoms with Crippen molar-refractivity contribution >= 4 is 23.2 Å². The minimum Gasteiger partial charge on any atom is -0.207 e. The van der Waals surface area contributed by atoms with E-state index in [1.54, 1.807) is 12.1 Å². The number of rotatable bonds is 3. The zero-order valence-corrected chi connectivity index (χ0v) is 12.1. The van der Waals surface area contributed by atoms with Crippen LogP contribution in [0.4, 0.5) is 4.39 Å². The summed E-state index contributed by atoms with van der Waals surface area (Å²) in [4.78, 5) is 0. The summed E-state index contributed by atoms with van der Waals surface area (Å²) >= 11 is 12.5. The molecule has 1 aliphatic carbocycles. The van der Waals surface area contributed by atoms with Gasteiger partial charge < -0.3 is 0 Å². The average molecular weight is 289 g/mol. The highest BCUT2D eigenvalue weighted by Crippen LogP contribution is 2.37. The molecule has 1 aromatic carbocycles. The first-order chi connectivity index (χ1) is 8.61. The van der Waals surface area contributed by atoms with Crippen molar-refractivity contribution in [1.82, 2.24) is 0 Å². The van der Waals surface area contributed by atoms with E-state index >= 15 is 0 Å². The summed E-state index contributed by atoms with van der Waals surface area (Å²) in [5.41, 5.74) is 0.631. The van der Waals surface area contributed by atoms with Crippen LogP contribution >= 0.6 is 23.2 Å². The van der Waals surface area contributed by atoms with E-state index in [4.69, 9.17) is 23.2 Å². The Morgan fingerprint density at radius 1 is 1.33 bits per heavy atom. The highest BCUT2D eigenvalue weighted by Gasteiger charge is 2.29. The van der Waals surface area contributed by atoms with E-state index in [1.165, 1.54) is 18.9 Å². The highest BCUT2D eigenvalue weighted by molar-refractivity contribution is 6.31. The lowest BCUT2D eigenvalue weighted by molar-refractivity contribution is 0.263. The van der Waals surface area contributed by atoms with Crippen LogP contribution in [0.25, 0.3) is 0 Å². The van der Waals surface area contributed by atoms with E-state index in [1.807, 2.05) is 0 Å². The van der Waals surface area contributed by atoms with Crippen LogP contribution in [0.1, 0.15) is 38.2 Å². The van der Waals surface area contributed by atoms with Gasteiger partial charge in [-0.05, 0) is 49.7 Å². The van der Waals surface area contributed by atoms with Crippen LogP contribution in [0, 0.1) is 17.7 Å². The molecule has 3 atom stereocenters. The van der Waals surface area contributed by atoms with Crippen LogP contribution in [0.2, 0.25) is 5.02 Å². The Labute approximate surface area is 118 Å². The van der Waals surface area contributed by atoms with Gasteiger partial charge in [0.25, 0.3) is 0 Å². The minimum atomic E-state index is -0.204. The Kier molecular flexibility index (Phi) is 4.91. The molecule has 0 heterocycles. The number of hydrogen-bond acceptors (Lipinski definition) is 0. The maximum absolute atomic E-state index is 13.8. The van der Waals surface area contributed by atoms with Crippen LogP contribution in [0.5, 0.6) is 0 Å². The second-order valence-corrected chi connectivity index (χ2v) is 6.24. The first kappa shape index (κ1) is 14.1. The van der Waals surface area contributed by atoms with Gasteiger partial charge in [-0.15, -0.1) is 11.6 Å². The third-order valence-corrected chi connectivity index (χ3v) is 5.03. The summed E-state index contributed by atoms with van der Waals surface area (Å²) in [5.74, 6) is 0.875. The molecule has 1 aromatic rings. The third-order valence-electron chi connectivity index (χ3n) is 4.10. The van der Waals surface area contributed by atoms with E-state index in [0.717, 1.165) is 18.8 Å². The number of benzene rings is 1. The van der Waals surface area contributed by atoms with E-state index in [0.29, 0.717) is 22.9 Å². The SMILES string of the molecule is CCC1CCC(Cl)C(Cc2c(F)cccc2Cl)C1. The van der Waals surface area contributed by atoms with Gasteiger partial charge in [0.15, 0.2) is 0 Å². The van der Waals surface area contributed by atoms with Crippen LogP contribution in [-0.2, 0) is 6.42 Å². The molecular formula is C15H19Cl2F. The monoisotopic (exact) mass is 288 g/mol. The largest absolute Gasteiger partial charge is 0.207 e. The summed E-state index contributed by atoms with van der Waals surface area (Å²) in [6.07, 6.45) is 5.18. The van der Waals surface area contributed by atoms with Crippen LogP contribution in [0.3, 0.4) is 0 Å². The normalized spacial score (nSPS) is 28.3. The standard InChI is InChI=1S/C15H19Cl2F/c1-2-10-6-7-13(16)11(8-10)9-12-14(17)4-3-5-15(12)18/h3-5,10-11,13H,2,6-9H2,1H3. The molecule has 0 radical (unpaired) electrons. The van der Waals surface area contributed by atoms with E-state index < -0.39 is 0 Å². The average Bonchev–Trinajstić information content (AvgIpc) is 2.36. The molecule has 3 heteroatoms. The zero-order valence-electron chi connectivity index (χ0n) is 10.6. The lowest BCUT2D eigenvalue weighted by Gasteiger charge is -2.32. The maximum Gasteiger partial charge on any atom is 0.127 e. The van der Waals surface area contributed by atoms with Crippen molar-refractivity contribution in [3.8, 4) is 0 Å². The van der Waals surface area contributed by atoms with Gasteiger partial charge in [-0.2, -0.15) is 0 Å². The molecule has 0 spiro atoms. The lowest BCUT2D eigenvalue weighted by Crippen LogP contribution is -2.27. The second-order valence-electron chi connectivity index (χ2n) is 5.27. The Bertz CT molecular complexity index is 385. The number of alkyl halides is 1. The summed E-state index contributed by atoms with van der Waals surface area (Å²) < 4.78 is 13.8. The van der Waals surface area contributed by atoms with Gasteiger partial charge in [0.05, 0.1) is 0 Å². The first-order valence-electron chi connectivity index (χ1n) is 6.68. The predicted octanol–water partition coefficient (Wildman–Crippen LogP) is 5.46. The zero-order chi connectivity index (χ0) is 13.1. The van der Waals surface area contributed by atoms with E-state index in [9.17, 15) is 4.39 Å². The van der Waals surface area contributed by atoms with Crippen LogP contribution in [-0.4, -0.2) is 5.38 Å². The maximum atomic E-state index is 13.8. The van der Waals surface area contributed by atoms with Crippen molar-refractivity contribution in [2.75, 3.05) is 0 Å². The molecule has 0 bridgehead atoms. The third kappa shape index (κ3) is 3.19. The van der Waals surface area contributed by atoms with Crippen molar-refractivity contribution in [2.24, 2.45) is 11.8 Å². The Hall–Kier alpha value is -0.270. The minimum absolute atomic E-state index is 0.156. The molecule has 0 aromatic heterocycles. The molecule has 3 unspecified atom stereocenters. The fraction of sp³-hybridized carbons (Fsp3) is 0.600. The van der Waals surface area contributed by atoms with Crippen molar-refractivity contribution in [2.45, 2.75) is 44.4 Å². The highest BCUT2D eigenvalue weighted by atomic mass is 35.5. The molecule has 0 aliphatic heterocycles. The molecule has 100 valence electrons. The smallest absolute Gasteiger partial charge is 0.127 e. The van der Waals surface area contributed by atoms with Gasteiger partial charge in [-0.1, -0.05) is 31.0 Å². The summed E-state index contributed by atoms with van der Waals surface area (Å²) in [6, 6.07) is 4.88. The van der Waals surface area contributed by atoms with Gasteiger partial charge >= 0.3 is 0 Å². The van der Waals surface area contributed by atoms with Crippen molar-refractivity contribution in [3.05, 3.63) is 34.6 Å². The Morgan fingerprint density at radius 3 is 2.78 bits per heavy atom. The topological polar surface area (TPSA) is 0 Å². The van der Waals surface area contributed by atoms with Gasteiger partial charge in [0.2, 0.25) is 0 Å². The molecule has 1 fully saturated rings. The van der Waals surface area contributed by atoms with Gasteiger partial charge in [-0.3, -0.25) is 0 Å². The van der Waals surface area contributed by atoms with Crippen molar-refractivity contribution in [3.63, 3.8) is 0 Å². The number of halogens is 3. The van der Waals surface area contributed by atoms with Gasteiger partial charge in [-0.25, -0.2) is 4.39 Å². The fourth-order valence-electron chi connectivity index (χ4n) is 2.90. The summed E-state index contributed by atoms with van der Waals surface area (Å²) in [6.45, 7) is 2.21. The molecule has 18 heavy (non-hydrogen) atoms. The lowest BCUT2D eigenvalue weighted by atomic mass is 9.77. The number of hydrogen-bond donors (Lipinski definition) is 0. The van der Waals surface area contributed by atoms with E-state index in [2.05, 4.69) is 6.92 Å². The van der Waals surface area contributed by atoms with Crippen molar-refractivity contribution in [1.29, 1.82) is 0 Å². The first-order valence-corrected chi connectivity index (χ1v) is 7.50. The molecule has 0 saturated heterocycles. The predicted molar refractivity (Wildman–Crippen MR) is 75.9 cm³/mol. The molecule has 1 saturated carbocycles. The summed E-state index contributed by atoms with van der Waals surface area (Å²) in [7, 11) is 0. The fourth-order valence-corrected chi connectivity index (χ4v) is 3.45. The molecule has 0 N–H and O–H groups in total. The van der Waals surface area contributed by atoms with Crippen LogP contribution < -0.4 is 0 Å². The second kappa shape index (κ2) is 6.25. The Balaban J connectivity index is 2.12. The molecule has 1 aliphatic rings. The van der Waals surface area contributed by atoms with Crippen molar-refractivity contribution < 1.29 is 4.39 Å². The molecule has 0 nitrogen and oxygen atoms in total. The molecular weight excluding hydrogens is 270 g/mol. The Morgan fingerprint density at radius 2 is 2.11 bits per heavy atom.